The minimum atomic E-state index is -0.518. The van der Waals surface area contributed by atoms with Crippen LogP contribution in [0.15, 0.2) is 64.7 Å². The number of nitrogens with one attached hydrogen (secondary N) is 1. The maximum atomic E-state index is 13.9. The number of thioether (sulfide) groups is 1. The highest BCUT2D eigenvalue weighted by Gasteiger charge is 2.20. The molecular formula is C21H19BrClFN4O2S. The molecule has 0 aliphatic heterocycles. The number of para-hydroxylation sites is 1. The zero-order chi connectivity index (χ0) is 22.4. The Morgan fingerprint density at radius 3 is 2.87 bits per heavy atom. The molecule has 0 saturated heterocycles. The molecule has 0 saturated carbocycles. The number of amides is 1. The molecule has 0 fully saturated rings. The van der Waals surface area contributed by atoms with Crippen LogP contribution >= 0.6 is 39.3 Å². The summed E-state index contributed by atoms with van der Waals surface area (Å²) < 4.78 is 22.3. The zero-order valence-corrected chi connectivity index (χ0v) is 19.7. The van der Waals surface area contributed by atoms with Crippen LogP contribution in [-0.4, -0.2) is 26.4 Å². The highest BCUT2D eigenvalue weighted by Crippen LogP contribution is 2.29. The Morgan fingerprint density at radius 1 is 1.39 bits per heavy atom. The molecular weight excluding hydrogens is 507 g/mol. The van der Waals surface area contributed by atoms with Crippen molar-refractivity contribution in [2.75, 3.05) is 11.1 Å². The van der Waals surface area contributed by atoms with E-state index >= 15 is 0 Å². The van der Waals surface area contributed by atoms with Crippen LogP contribution in [0.1, 0.15) is 18.9 Å². The van der Waals surface area contributed by atoms with Crippen LogP contribution < -0.4 is 10.1 Å². The van der Waals surface area contributed by atoms with E-state index in [9.17, 15) is 9.18 Å². The normalized spacial score (nSPS) is 11.7. The van der Waals surface area contributed by atoms with Crippen LogP contribution in [0.2, 0.25) is 5.02 Å². The van der Waals surface area contributed by atoms with Crippen molar-refractivity contribution in [3.63, 3.8) is 0 Å². The molecule has 1 heterocycles. The lowest BCUT2D eigenvalue weighted by molar-refractivity contribution is -0.113. The van der Waals surface area contributed by atoms with Gasteiger partial charge < -0.3 is 10.1 Å². The van der Waals surface area contributed by atoms with Crippen molar-refractivity contribution in [2.45, 2.75) is 24.7 Å². The summed E-state index contributed by atoms with van der Waals surface area (Å²) in [5.74, 6) is 0.262. The molecule has 31 heavy (non-hydrogen) atoms. The Hall–Kier alpha value is -2.36. The first-order valence-corrected chi connectivity index (χ1v) is 11.4. The van der Waals surface area contributed by atoms with Crippen LogP contribution in [0.25, 0.3) is 0 Å². The van der Waals surface area contributed by atoms with Crippen LogP contribution in [-0.2, 0) is 11.3 Å². The summed E-state index contributed by atoms with van der Waals surface area (Å²) in [5, 5.41) is 12.0. The van der Waals surface area contributed by atoms with Gasteiger partial charge in [0.25, 0.3) is 0 Å². The highest BCUT2D eigenvalue weighted by atomic mass is 79.9. The van der Waals surface area contributed by atoms with E-state index in [1.807, 2.05) is 23.6 Å². The number of nitrogens with zero attached hydrogens (tertiary/aromatic N) is 3. The van der Waals surface area contributed by atoms with Gasteiger partial charge in [-0.1, -0.05) is 57.5 Å². The molecule has 162 valence electrons. The number of rotatable bonds is 9. The lowest BCUT2D eigenvalue weighted by atomic mass is 10.3. The van der Waals surface area contributed by atoms with Crippen molar-refractivity contribution < 1.29 is 13.9 Å². The molecule has 3 aromatic rings. The topological polar surface area (TPSA) is 69.0 Å². The van der Waals surface area contributed by atoms with E-state index in [4.69, 9.17) is 16.3 Å². The van der Waals surface area contributed by atoms with Gasteiger partial charge in [-0.15, -0.1) is 16.8 Å². The van der Waals surface area contributed by atoms with Gasteiger partial charge >= 0.3 is 0 Å². The molecule has 1 unspecified atom stereocenters. The molecule has 0 aliphatic carbocycles. The van der Waals surface area contributed by atoms with Gasteiger partial charge in [-0.25, -0.2) is 4.39 Å². The van der Waals surface area contributed by atoms with Gasteiger partial charge in [0.15, 0.2) is 17.1 Å². The lowest BCUT2D eigenvalue weighted by Crippen LogP contribution is -2.16. The fraction of sp³-hybridized carbons (Fsp3) is 0.190. The third kappa shape index (κ3) is 6.09. The molecule has 3 rings (SSSR count). The van der Waals surface area contributed by atoms with Gasteiger partial charge in [0.05, 0.1) is 16.5 Å². The Bertz CT molecular complexity index is 1090. The Labute approximate surface area is 197 Å². The van der Waals surface area contributed by atoms with Crippen molar-refractivity contribution in [3.05, 3.63) is 76.3 Å². The molecule has 1 atom stereocenters. The first-order chi connectivity index (χ1) is 14.9. The molecule has 0 aliphatic rings. The molecule has 1 aromatic heterocycles. The summed E-state index contributed by atoms with van der Waals surface area (Å²) in [6.45, 7) is 6.04. The van der Waals surface area contributed by atoms with Crippen LogP contribution in [0, 0.1) is 5.82 Å². The molecule has 10 heteroatoms. The van der Waals surface area contributed by atoms with Gasteiger partial charge in [-0.05, 0) is 37.3 Å². The first kappa shape index (κ1) is 23.3. The number of carbonyl (C=O) groups is 1. The number of halogens is 3. The van der Waals surface area contributed by atoms with Crippen molar-refractivity contribution in [2.24, 2.45) is 0 Å². The molecule has 0 radical (unpaired) electrons. The fourth-order valence-corrected chi connectivity index (χ4v) is 3.97. The summed E-state index contributed by atoms with van der Waals surface area (Å²) in [5.41, 5.74) is 0.115. The first-order valence-electron chi connectivity index (χ1n) is 9.22. The van der Waals surface area contributed by atoms with Crippen molar-refractivity contribution in [3.8, 4) is 5.75 Å². The van der Waals surface area contributed by atoms with Gasteiger partial charge in [0.1, 0.15) is 11.6 Å². The number of anilines is 1. The number of aromatic nitrogens is 3. The smallest absolute Gasteiger partial charge is 0.234 e. The monoisotopic (exact) mass is 524 g/mol. The minimum absolute atomic E-state index is 0.0323. The Balaban J connectivity index is 1.69. The zero-order valence-electron chi connectivity index (χ0n) is 16.5. The average molecular weight is 526 g/mol. The second kappa shape index (κ2) is 10.8. The van der Waals surface area contributed by atoms with E-state index in [0.29, 0.717) is 32.8 Å². The van der Waals surface area contributed by atoms with E-state index in [1.54, 1.807) is 24.3 Å². The van der Waals surface area contributed by atoms with Crippen LogP contribution in [0.3, 0.4) is 0 Å². The summed E-state index contributed by atoms with van der Waals surface area (Å²) >= 11 is 10.5. The quantitative estimate of drug-likeness (QED) is 0.279. The van der Waals surface area contributed by atoms with Crippen LogP contribution in [0.4, 0.5) is 10.1 Å². The Morgan fingerprint density at radius 2 is 2.16 bits per heavy atom. The lowest BCUT2D eigenvalue weighted by Gasteiger charge is -2.16. The molecule has 0 bridgehead atoms. The second-order valence-corrected chi connectivity index (χ2v) is 8.66. The van der Waals surface area contributed by atoms with E-state index < -0.39 is 11.9 Å². The number of benzene rings is 2. The maximum Gasteiger partial charge on any atom is 0.234 e. The summed E-state index contributed by atoms with van der Waals surface area (Å²) in [6, 6.07) is 11.6. The van der Waals surface area contributed by atoms with E-state index in [1.165, 1.54) is 23.9 Å². The van der Waals surface area contributed by atoms with Crippen molar-refractivity contribution in [1.29, 1.82) is 0 Å². The third-order valence-corrected chi connectivity index (χ3v) is 5.87. The predicted octanol–water partition coefficient (Wildman–Crippen LogP) is 5.89. The second-order valence-electron chi connectivity index (χ2n) is 6.39. The van der Waals surface area contributed by atoms with Crippen molar-refractivity contribution >= 4 is 50.9 Å². The fourth-order valence-electron chi connectivity index (χ4n) is 2.70. The molecule has 6 nitrogen and oxygen atoms in total. The van der Waals surface area contributed by atoms with E-state index in [0.717, 1.165) is 0 Å². The van der Waals surface area contributed by atoms with Crippen LogP contribution in [0.5, 0.6) is 5.75 Å². The van der Waals surface area contributed by atoms with Gasteiger partial charge in [-0.2, -0.15) is 0 Å². The summed E-state index contributed by atoms with van der Waals surface area (Å²) in [7, 11) is 0. The number of ether oxygens (including phenoxy) is 1. The SMILES string of the molecule is C=CCn1c(SCC(=O)Nc2ccc(Br)cc2F)nnc1C(C)Oc1ccccc1Cl. The molecule has 2 aromatic carbocycles. The molecule has 1 amide bonds. The number of hydrogen-bond acceptors (Lipinski definition) is 5. The van der Waals surface area contributed by atoms with Crippen molar-refractivity contribution in [1.82, 2.24) is 14.8 Å². The maximum absolute atomic E-state index is 13.9. The largest absolute Gasteiger partial charge is 0.481 e. The third-order valence-electron chi connectivity index (χ3n) is 4.10. The molecule has 0 spiro atoms. The number of allylic oxidation sites excluding steroid dienone is 1. The van der Waals surface area contributed by atoms with Gasteiger partial charge in [0, 0.05) is 11.0 Å². The predicted molar refractivity (Wildman–Crippen MR) is 124 cm³/mol. The average Bonchev–Trinajstić information content (AvgIpc) is 3.13. The standard InChI is InChI=1S/C21H19BrClFN4O2S/c1-3-10-28-20(13(2)30-18-7-5-4-6-15(18)23)26-27-21(28)31-12-19(29)25-17-9-8-14(22)11-16(17)24/h3-9,11,13H,1,10,12H2,2H3,(H,25,29). The minimum Gasteiger partial charge on any atom is -0.481 e. The van der Waals surface area contributed by atoms with Gasteiger partial charge in [0.2, 0.25) is 5.91 Å². The molecule has 1 N–H and O–H groups in total. The Kier molecular flexibility index (Phi) is 8.11. The summed E-state index contributed by atoms with van der Waals surface area (Å²) in [4.78, 5) is 12.3. The number of hydrogen-bond donors (Lipinski definition) is 1. The highest BCUT2D eigenvalue weighted by molar-refractivity contribution is 9.10. The van der Waals surface area contributed by atoms with E-state index in [2.05, 4.69) is 38.0 Å². The van der Waals surface area contributed by atoms with E-state index in [-0.39, 0.29) is 17.3 Å². The summed E-state index contributed by atoms with van der Waals surface area (Å²) in [6.07, 6.45) is 1.27. The number of carbonyl (C=O) groups excluding carboxylic acids is 1. The van der Waals surface area contributed by atoms with Gasteiger partial charge in [-0.3, -0.25) is 9.36 Å².